The largest absolute Gasteiger partial charge is 0.313 e. The molecule has 0 aromatic rings. The first-order valence-corrected chi connectivity index (χ1v) is 7.97. The summed E-state index contributed by atoms with van der Waals surface area (Å²) in [5, 5.41) is 3.61. The van der Waals surface area contributed by atoms with Crippen molar-refractivity contribution in [2.75, 3.05) is 32.1 Å². The maximum atomic E-state index is 3.61. The number of hydrogen-bond acceptors (Lipinski definition) is 3. The van der Waals surface area contributed by atoms with Crippen molar-refractivity contribution < 1.29 is 0 Å². The smallest absolute Gasteiger partial charge is 0.0107 e. The number of rotatable bonds is 10. The van der Waals surface area contributed by atoms with E-state index < -0.39 is 0 Å². The average molecular weight is 246 g/mol. The van der Waals surface area contributed by atoms with Crippen molar-refractivity contribution in [3.8, 4) is 0 Å². The molecule has 0 heterocycles. The number of thioether (sulfide) groups is 1. The Morgan fingerprint density at radius 3 is 2.38 bits per heavy atom. The third-order valence-corrected chi connectivity index (χ3v) is 4.02. The van der Waals surface area contributed by atoms with Gasteiger partial charge < -0.3 is 10.2 Å². The number of hydrogen-bond donors (Lipinski definition) is 1. The van der Waals surface area contributed by atoms with Gasteiger partial charge in [0.05, 0.1) is 0 Å². The van der Waals surface area contributed by atoms with E-state index in [1.807, 2.05) is 11.8 Å². The Kier molecular flexibility index (Phi) is 10.6. The van der Waals surface area contributed by atoms with Crippen molar-refractivity contribution in [1.82, 2.24) is 10.2 Å². The molecular formula is C13H30N2S. The van der Waals surface area contributed by atoms with Crippen molar-refractivity contribution in [1.29, 1.82) is 0 Å². The molecule has 0 aliphatic rings. The molecule has 0 rings (SSSR count). The molecular weight excluding hydrogens is 216 g/mol. The van der Waals surface area contributed by atoms with Crippen LogP contribution < -0.4 is 5.32 Å². The Balaban J connectivity index is 3.58. The van der Waals surface area contributed by atoms with E-state index in [2.05, 4.69) is 44.3 Å². The maximum Gasteiger partial charge on any atom is 0.0107 e. The Bertz CT molecular complexity index is 149. The van der Waals surface area contributed by atoms with Gasteiger partial charge in [0.15, 0.2) is 0 Å². The molecule has 0 aliphatic carbocycles. The molecule has 1 N–H and O–H groups in total. The molecule has 0 aliphatic heterocycles. The van der Waals surface area contributed by atoms with E-state index in [0.717, 1.165) is 13.1 Å². The molecule has 0 saturated heterocycles. The number of nitrogens with zero attached hydrogens (tertiary/aromatic N) is 1. The van der Waals surface area contributed by atoms with E-state index in [0.29, 0.717) is 12.1 Å². The SMILES string of the molecule is CCC(CC)NCCN(C)C(C)CCSC. The lowest BCUT2D eigenvalue weighted by Crippen LogP contribution is -2.38. The summed E-state index contributed by atoms with van der Waals surface area (Å²) in [6.45, 7) is 9.11. The van der Waals surface area contributed by atoms with Crippen LogP contribution in [0.3, 0.4) is 0 Å². The molecule has 0 amide bonds. The minimum Gasteiger partial charge on any atom is -0.313 e. The lowest BCUT2D eigenvalue weighted by Gasteiger charge is -2.25. The first-order chi connectivity index (χ1) is 7.65. The van der Waals surface area contributed by atoms with Crippen LogP contribution in [-0.4, -0.2) is 49.1 Å². The molecule has 0 fully saturated rings. The Hall–Kier alpha value is 0.270. The summed E-state index contributed by atoms with van der Waals surface area (Å²) in [7, 11) is 2.24. The maximum absolute atomic E-state index is 3.61. The van der Waals surface area contributed by atoms with E-state index in [4.69, 9.17) is 0 Å². The predicted molar refractivity (Wildman–Crippen MR) is 77.5 cm³/mol. The summed E-state index contributed by atoms with van der Waals surface area (Å²) in [6.07, 6.45) is 5.95. The fraction of sp³-hybridized carbons (Fsp3) is 1.00. The molecule has 0 aromatic carbocycles. The highest BCUT2D eigenvalue weighted by Gasteiger charge is 2.08. The molecule has 16 heavy (non-hydrogen) atoms. The van der Waals surface area contributed by atoms with E-state index in [9.17, 15) is 0 Å². The third kappa shape index (κ3) is 7.53. The Morgan fingerprint density at radius 1 is 1.25 bits per heavy atom. The summed E-state index contributed by atoms with van der Waals surface area (Å²) >= 11 is 1.94. The van der Waals surface area contributed by atoms with Crippen LogP contribution in [0.4, 0.5) is 0 Å². The Morgan fingerprint density at radius 2 is 1.88 bits per heavy atom. The molecule has 2 nitrogen and oxygen atoms in total. The van der Waals surface area contributed by atoms with Gasteiger partial charge in [0, 0.05) is 25.2 Å². The van der Waals surface area contributed by atoms with E-state index in [-0.39, 0.29) is 0 Å². The lowest BCUT2D eigenvalue weighted by atomic mass is 10.2. The van der Waals surface area contributed by atoms with Crippen LogP contribution in [-0.2, 0) is 0 Å². The monoisotopic (exact) mass is 246 g/mol. The number of nitrogens with one attached hydrogen (secondary N) is 1. The molecule has 0 saturated carbocycles. The van der Waals surface area contributed by atoms with Crippen molar-refractivity contribution >= 4 is 11.8 Å². The fourth-order valence-electron chi connectivity index (χ4n) is 1.75. The van der Waals surface area contributed by atoms with Gasteiger partial charge in [0.1, 0.15) is 0 Å². The molecule has 0 bridgehead atoms. The normalized spacial score (nSPS) is 13.7. The van der Waals surface area contributed by atoms with Crippen molar-refractivity contribution in [3.05, 3.63) is 0 Å². The highest BCUT2D eigenvalue weighted by atomic mass is 32.2. The fourth-order valence-corrected chi connectivity index (χ4v) is 2.33. The summed E-state index contributed by atoms with van der Waals surface area (Å²) in [5.41, 5.74) is 0. The van der Waals surface area contributed by atoms with Crippen molar-refractivity contribution in [2.24, 2.45) is 0 Å². The summed E-state index contributed by atoms with van der Waals surface area (Å²) in [5.74, 6) is 1.27. The van der Waals surface area contributed by atoms with Gasteiger partial charge in [-0.2, -0.15) is 11.8 Å². The van der Waals surface area contributed by atoms with Gasteiger partial charge in [-0.1, -0.05) is 13.8 Å². The molecule has 0 spiro atoms. The minimum atomic E-state index is 0.704. The second-order valence-corrected chi connectivity index (χ2v) is 5.56. The number of likely N-dealkylation sites (N-methyl/N-ethyl adjacent to an activating group) is 1. The quantitative estimate of drug-likeness (QED) is 0.638. The standard InChI is InChI=1S/C13H30N2S/c1-6-13(7-2)14-9-10-15(4)12(3)8-11-16-5/h12-14H,6-11H2,1-5H3. The van der Waals surface area contributed by atoms with E-state index in [1.54, 1.807) is 0 Å². The van der Waals surface area contributed by atoms with E-state index >= 15 is 0 Å². The van der Waals surface area contributed by atoms with Crippen LogP contribution in [0.25, 0.3) is 0 Å². The topological polar surface area (TPSA) is 15.3 Å². The minimum absolute atomic E-state index is 0.704. The van der Waals surface area contributed by atoms with Crippen LogP contribution in [0.2, 0.25) is 0 Å². The summed E-state index contributed by atoms with van der Waals surface area (Å²) in [4.78, 5) is 2.46. The van der Waals surface area contributed by atoms with Gasteiger partial charge in [-0.05, 0) is 45.2 Å². The molecule has 1 unspecified atom stereocenters. The van der Waals surface area contributed by atoms with Gasteiger partial charge >= 0.3 is 0 Å². The van der Waals surface area contributed by atoms with Gasteiger partial charge in [-0.25, -0.2) is 0 Å². The van der Waals surface area contributed by atoms with Gasteiger partial charge in [-0.15, -0.1) is 0 Å². The molecule has 3 heteroatoms. The van der Waals surface area contributed by atoms with E-state index in [1.165, 1.54) is 25.0 Å². The van der Waals surface area contributed by atoms with Gasteiger partial charge in [0.2, 0.25) is 0 Å². The lowest BCUT2D eigenvalue weighted by molar-refractivity contribution is 0.248. The summed E-state index contributed by atoms with van der Waals surface area (Å²) < 4.78 is 0. The molecule has 98 valence electrons. The van der Waals surface area contributed by atoms with Gasteiger partial charge in [0.25, 0.3) is 0 Å². The summed E-state index contributed by atoms with van der Waals surface area (Å²) in [6, 6.07) is 1.41. The highest BCUT2D eigenvalue weighted by molar-refractivity contribution is 7.98. The zero-order valence-corrected chi connectivity index (χ0v) is 12.6. The zero-order chi connectivity index (χ0) is 12.4. The van der Waals surface area contributed by atoms with Crippen molar-refractivity contribution in [2.45, 2.75) is 52.1 Å². The first kappa shape index (κ1) is 16.3. The predicted octanol–water partition coefficient (Wildman–Crippen LogP) is 2.84. The van der Waals surface area contributed by atoms with Crippen molar-refractivity contribution in [3.63, 3.8) is 0 Å². The Labute approximate surface area is 107 Å². The highest BCUT2D eigenvalue weighted by Crippen LogP contribution is 2.05. The van der Waals surface area contributed by atoms with Crippen LogP contribution in [0, 0.1) is 0 Å². The molecule has 0 aromatic heterocycles. The average Bonchev–Trinajstić information content (AvgIpc) is 2.31. The molecule has 0 radical (unpaired) electrons. The first-order valence-electron chi connectivity index (χ1n) is 6.58. The van der Waals surface area contributed by atoms with Gasteiger partial charge in [-0.3, -0.25) is 0 Å². The third-order valence-electron chi connectivity index (χ3n) is 3.38. The van der Waals surface area contributed by atoms with Crippen LogP contribution in [0.5, 0.6) is 0 Å². The zero-order valence-electron chi connectivity index (χ0n) is 11.8. The second kappa shape index (κ2) is 10.4. The van der Waals surface area contributed by atoms with Crippen LogP contribution in [0.15, 0.2) is 0 Å². The molecule has 1 atom stereocenters. The van der Waals surface area contributed by atoms with Crippen LogP contribution in [0.1, 0.15) is 40.0 Å². The second-order valence-electron chi connectivity index (χ2n) is 4.58. The van der Waals surface area contributed by atoms with Crippen LogP contribution >= 0.6 is 11.8 Å².